The van der Waals surface area contributed by atoms with Gasteiger partial charge >= 0.3 is 0 Å². The Morgan fingerprint density at radius 1 is 1.57 bits per heavy atom. The molecule has 0 radical (unpaired) electrons. The van der Waals surface area contributed by atoms with Crippen LogP contribution in [0.4, 0.5) is 0 Å². The number of carbonyl (C=O) groups is 1. The minimum Gasteiger partial charge on any atom is -0.316 e. The predicted octanol–water partition coefficient (Wildman–Crippen LogP) is 0.700. The summed E-state index contributed by atoms with van der Waals surface area (Å²) in [4.78, 5) is 11.3. The van der Waals surface area contributed by atoms with Crippen LogP contribution in [0.1, 0.15) is 11.6 Å². The second-order valence-corrected chi connectivity index (χ2v) is 3.69. The SMILES string of the molecule is CNNC(=O)C(N)c1cccc(Br)c1. The van der Waals surface area contributed by atoms with E-state index >= 15 is 0 Å². The average molecular weight is 258 g/mol. The van der Waals surface area contributed by atoms with Gasteiger partial charge in [-0.05, 0) is 17.7 Å². The van der Waals surface area contributed by atoms with E-state index in [1.54, 1.807) is 7.05 Å². The number of benzene rings is 1. The summed E-state index contributed by atoms with van der Waals surface area (Å²) >= 11 is 3.32. The lowest BCUT2D eigenvalue weighted by Gasteiger charge is -2.11. The molecular formula is C9H12BrN3O. The topological polar surface area (TPSA) is 67.1 Å². The highest BCUT2D eigenvalue weighted by atomic mass is 79.9. The van der Waals surface area contributed by atoms with Gasteiger partial charge in [0.25, 0.3) is 5.91 Å². The van der Waals surface area contributed by atoms with Crippen LogP contribution < -0.4 is 16.6 Å². The van der Waals surface area contributed by atoms with Crippen LogP contribution in [0.25, 0.3) is 0 Å². The van der Waals surface area contributed by atoms with Crippen molar-refractivity contribution in [2.45, 2.75) is 6.04 Å². The van der Waals surface area contributed by atoms with E-state index in [9.17, 15) is 4.79 Å². The molecule has 0 spiro atoms. The molecule has 5 heteroatoms. The number of carbonyl (C=O) groups excluding carboxylic acids is 1. The van der Waals surface area contributed by atoms with Crippen LogP contribution in [-0.4, -0.2) is 13.0 Å². The van der Waals surface area contributed by atoms with Crippen molar-refractivity contribution in [1.29, 1.82) is 0 Å². The highest BCUT2D eigenvalue weighted by Gasteiger charge is 2.14. The molecule has 0 fully saturated rings. The van der Waals surface area contributed by atoms with Gasteiger partial charge in [0, 0.05) is 11.5 Å². The third-order valence-corrected chi connectivity index (χ3v) is 2.23. The highest BCUT2D eigenvalue weighted by Crippen LogP contribution is 2.16. The Kier molecular flexibility index (Phi) is 4.06. The molecule has 14 heavy (non-hydrogen) atoms. The van der Waals surface area contributed by atoms with Gasteiger partial charge in [0.2, 0.25) is 0 Å². The summed E-state index contributed by atoms with van der Waals surface area (Å²) in [6.45, 7) is 0. The molecule has 1 amide bonds. The minimum atomic E-state index is -0.653. The first kappa shape index (κ1) is 11.2. The van der Waals surface area contributed by atoms with Gasteiger partial charge in [-0.25, -0.2) is 5.43 Å². The van der Waals surface area contributed by atoms with Crippen molar-refractivity contribution < 1.29 is 4.79 Å². The highest BCUT2D eigenvalue weighted by molar-refractivity contribution is 9.10. The number of amides is 1. The van der Waals surface area contributed by atoms with Crippen LogP contribution in [0.5, 0.6) is 0 Å². The fraction of sp³-hybridized carbons (Fsp3) is 0.222. The third kappa shape index (κ3) is 2.80. The molecule has 4 nitrogen and oxygen atoms in total. The van der Waals surface area contributed by atoms with E-state index in [-0.39, 0.29) is 5.91 Å². The van der Waals surface area contributed by atoms with Crippen molar-refractivity contribution in [2.24, 2.45) is 5.73 Å². The fourth-order valence-electron chi connectivity index (χ4n) is 1.05. The molecule has 4 N–H and O–H groups in total. The second-order valence-electron chi connectivity index (χ2n) is 2.77. The zero-order valence-electron chi connectivity index (χ0n) is 7.75. The smallest absolute Gasteiger partial charge is 0.255 e. The molecule has 1 atom stereocenters. The van der Waals surface area contributed by atoms with Crippen LogP contribution >= 0.6 is 15.9 Å². The molecule has 0 heterocycles. The molecule has 1 aromatic carbocycles. The molecule has 0 aliphatic heterocycles. The van der Waals surface area contributed by atoms with Crippen molar-refractivity contribution in [3.8, 4) is 0 Å². The van der Waals surface area contributed by atoms with E-state index in [1.165, 1.54) is 0 Å². The first-order chi connectivity index (χ1) is 6.65. The first-order valence-corrected chi connectivity index (χ1v) is 4.92. The predicted molar refractivity (Wildman–Crippen MR) is 58.3 cm³/mol. The molecule has 0 aliphatic carbocycles. The van der Waals surface area contributed by atoms with Crippen molar-refractivity contribution in [3.05, 3.63) is 34.3 Å². The Bertz CT molecular complexity index is 330. The van der Waals surface area contributed by atoms with E-state index in [4.69, 9.17) is 5.73 Å². The number of halogens is 1. The summed E-state index contributed by atoms with van der Waals surface area (Å²) in [5.74, 6) is -0.259. The van der Waals surface area contributed by atoms with Gasteiger partial charge in [-0.15, -0.1) is 0 Å². The van der Waals surface area contributed by atoms with Gasteiger partial charge in [0.05, 0.1) is 0 Å². The maximum atomic E-state index is 11.3. The van der Waals surface area contributed by atoms with E-state index in [1.807, 2.05) is 24.3 Å². The van der Waals surface area contributed by atoms with Gasteiger partial charge in [0.15, 0.2) is 0 Å². The Balaban J connectivity index is 2.78. The second kappa shape index (κ2) is 5.09. The van der Waals surface area contributed by atoms with Gasteiger partial charge in [-0.2, -0.15) is 0 Å². The summed E-state index contributed by atoms with van der Waals surface area (Å²) in [6.07, 6.45) is 0. The lowest BCUT2D eigenvalue weighted by atomic mass is 10.1. The van der Waals surface area contributed by atoms with Crippen molar-refractivity contribution in [1.82, 2.24) is 10.9 Å². The molecule has 76 valence electrons. The molecular weight excluding hydrogens is 246 g/mol. The molecule has 1 aromatic rings. The van der Waals surface area contributed by atoms with Crippen molar-refractivity contribution in [3.63, 3.8) is 0 Å². The zero-order chi connectivity index (χ0) is 10.6. The normalized spacial score (nSPS) is 12.2. The molecule has 1 unspecified atom stereocenters. The molecule has 0 saturated heterocycles. The van der Waals surface area contributed by atoms with Gasteiger partial charge < -0.3 is 5.73 Å². The van der Waals surface area contributed by atoms with E-state index in [2.05, 4.69) is 26.8 Å². The van der Waals surface area contributed by atoms with Crippen LogP contribution in [0.2, 0.25) is 0 Å². The lowest BCUT2D eigenvalue weighted by Crippen LogP contribution is -2.40. The minimum absolute atomic E-state index is 0.259. The van der Waals surface area contributed by atoms with Crippen molar-refractivity contribution in [2.75, 3.05) is 7.05 Å². The summed E-state index contributed by atoms with van der Waals surface area (Å²) in [6, 6.07) is 6.70. The van der Waals surface area contributed by atoms with Crippen molar-refractivity contribution >= 4 is 21.8 Å². The Morgan fingerprint density at radius 3 is 2.86 bits per heavy atom. The molecule has 0 aromatic heterocycles. The number of rotatable bonds is 3. The molecule has 0 saturated carbocycles. The largest absolute Gasteiger partial charge is 0.316 e. The quantitative estimate of drug-likeness (QED) is 0.699. The maximum absolute atomic E-state index is 11.3. The number of nitrogens with two attached hydrogens (primary N) is 1. The van der Waals surface area contributed by atoms with Gasteiger partial charge in [0.1, 0.15) is 6.04 Å². The summed E-state index contributed by atoms with van der Waals surface area (Å²) in [5, 5.41) is 0. The third-order valence-electron chi connectivity index (χ3n) is 1.74. The first-order valence-electron chi connectivity index (χ1n) is 4.13. The Hall–Kier alpha value is -0.910. The number of hydrogen-bond donors (Lipinski definition) is 3. The lowest BCUT2D eigenvalue weighted by molar-refractivity contribution is -0.123. The van der Waals surface area contributed by atoms with Crippen LogP contribution in [0, 0.1) is 0 Å². The van der Waals surface area contributed by atoms with Crippen LogP contribution in [0.3, 0.4) is 0 Å². The summed E-state index contributed by atoms with van der Waals surface area (Å²) in [5.41, 5.74) is 11.5. The van der Waals surface area contributed by atoms with Gasteiger partial charge in [-0.3, -0.25) is 10.2 Å². The number of hydrogen-bond acceptors (Lipinski definition) is 3. The summed E-state index contributed by atoms with van der Waals surface area (Å²) in [7, 11) is 1.62. The van der Waals surface area contributed by atoms with Gasteiger partial charge in [-0.1, -0.05) is 28.1 Å². The monoisotopic (exact) mass is 257 g/mol. The molecule has 0 aliphatic rings. The van der Waals surface area contributed by atoms with E-state index in [0.29, 0.717) is 0 Å². The van der Waals surface area contributed by atoms with Crippen LogP contribution in [0.15, 0.2) is 28.7 Å². The Labute approximate surface area is 91.0 Å². The average Bonchev–Trinajstić information content (AvgIpc) is 2.17. The zero-order valence-corrected chi connectivity index (χ0v) is 9.34. The standard InChI is InChI=1S/C9H12BrN3O/c1-12-13-9(14)8(11)6-3-2-4-7(10)5-6/h2-5,8,12H,11H2,1H3,(H,13,14). The fourth-order valence-corrected chi connectivity index (χ4v) is 1.47. The molecule has 0 bridgehead atoms. The summed E-state index contributed by atoms with van der Waals surface area (Å²) < 4.78 is 0.905. The molecule has 1 rings (SSSR count). The number of hydrazine groups is 1. The number of nitrogens with one attached hydrogen (secondary N) is 2. The van der Waals surface area contributed by atoms with Crippen LogP contribution in [-0.2, 0) is 4.79 Å². The Morgan fingerprint density at radius 2 is 2.29 bits per heavy atom. The van der Waals surface area contributed by atoms with E-state index < -0.39 is 6.04 Å². The maximum Gasteiger partial charge on any atom is 0.255 e. The van der Waals surface area contributed by atoms with E-state index in [0.717, 1.165) is 10.0 Å².